The molecule has 0 aliphatic heterocycles. The lowest BCUT2D eigenvalue weighted by atomic mass is 10.0. The van der Waals surface area contributed by atoms with E-state index in [9.17, 15) is 15.0 Å². The molecule has 0 amide bonds. The molecule has 0 aliphatic rings. The van der Waals surface area contributed by atoms with E-state index in [4.69, 9.17) is 5.11 Å². The van der Waals surface area contributed by atoms with Crippen molar-refractivity contribution in [2.24, 2.45) is 0 Å². The normalized spacial score (nSPS) is 13.3. The van der Waals surface area contributed by atoms with Crippen molar-refractivity contribution in [3.05, 3.63) is 0 Å². The summed E-state index contributed by atoms with van der Waals surface area (Å²) >= 11 is 0. The topological polar surface area (TPSA) is 77.8 Å². The van der Waals surface area contributed by atoms with Gasteiger partial charge in [0.1, 0.15) is 0 Å². The van der Waals surface area contributed by atoms with E-state index in [2.05, 4.69) is 6.92 Å². The lowest BCUT2D eigenvalue weighted by Crippen LogP contribution is -2.06. The molecule has 0 saturated heterocycles. The van der Waals surface area contributed by atoms with Crippen molar-refractivity contribution in [2.75, 3.05) is 0 Å². The number of aliphatic hydroxyl groups is 2. The van der Waals surface area contributed by atoms with Gasteiger partial charge in [0.2, 0.25) is 0 Å². The summed E-state index contributed by atoms with van der Waals surface area (Å²) in [5.41, 5.74) is 0. The van der Waals surface area contributed by atoms with Crippen LogP contribution in [0.5, 0.6) is 0 Å². The third-order valence-corrected chi connectivity index (χ3v) is 7.14. The molecular formula is C30H60O4. The maximum absolute atomic E-state index is 10.5. The highest BCUT2D eigenvalue weighted by atomic mass is 16.4. The number of hydrogen-bond acceptors (Lipinski definition) is 3. The van der Waals surface area contributed by atoms with Crippen LogP contribution in [0.4, 0.5) is 0 Å². The Bertz CT molecular complexity index is 413. The zero-order chi connectivity index (χ0) is 25.1. The zero-order valence-corrected chi connectivity index (χ0v) is 22.8. The number of carbonyl (C=O) groups is 1. The first kappa shape index (κ1) is 33.4. The van der Waals surface area contributed by atoms with Crippen LogP contribution in [0.1, 0.15) is 174 Å². The number of unbranched alkanes of at least 4 members (excludes halogenated alkanes) is 18. The van der Waals surface area contributed by atoms with Gasteiger partial charge < -0.3 is 15.3 Å². The van der Waals surface area contributed by atoms with E-state index in [0.717, 1.165) is 57.8 Å². The Kier molecular flexibility index (Phi) is 26.5. The van der Waals surface area contributed by atoms with E-state index < -0.39 is 5.97 Å². The summed E-state index contributed by atoms with van der Waals surface area (Å²) in [6.07, 6.45) is 29.6. The summed E-state index contributed by atoms with van der Waals surface area (Å²) in [7, 11) is 0. The maximum Gasteiger partial charge on any atom is 0.303 e. The monoisotopic (exact) mass is 484 g/mol. The van der Waals surface area contributed by atoms with Gasteiger partial charge in [-0.1, -0.05) is 135 Å². The first-order chi connectivity index (χ1) is 16.6. The van der Waals surface area contributed by atoms with E-state index in [1.54, 1.807) is 0 Å². The number of hydrogen-bond donors (Lipinski definition) is 3. The SMILES string of the molecule is CCCCCCCC(O)CCCCCCCCCCCCCCC(O)CCCCCCC(=O)O. The zero-order valence-electron chi connectivity index (χ0n) is 22.8. The molecule has 0 aromatic heterocycles. The van der Waals surface area contributed by atoms with Gasteiger partial charge in [0.25, 0.3) is 0 Å². The van der Waals surface area contributed by atoms with Gasteiger partial charge in [-0.15, -0.1) is 0 Å². The van der Waals surface area contributed by atoms with Crippen LogP contribution in [-0.2, 0) is 4.79 Å². The van der Waals surface area contributed by atoms with Crippen molar-refractivity contribution in [3.63, 3.8) is 0 Å². The van der Waals surface area contributed by atoms with Gasteiger partial charge in [-0.2, -0.15) is 0 Å². The van der Waals surface area contributed by atoms with E-state index in [1.165, 1.54) is 103 Å². The summed E-state index contributed by atoms with van der Waals surface area (Å²) in [6, 6.07) is 0. The van der Waals surface area contributed by atoms with Crippen LogP contribution < -0.4 is 0 Å². The van der Waals surface area contributed by atoms with E-state index >= 15 is 0 Å². The molecule has 34 heavy (non-hydrogen) atoms. The van der Waals surface area contributed by atoms with Gasteiger partial charge in [-0.05, 0) is 32.1 Å². The summed E-state index contributed by atoms with van der Waals surface area (Å²) in [4.78, 5) is 10.5. The van der Waals surface area contributed by atoms with E-state index in [1.807, 2.05) is 0 Å². The number of carboxylic acid groups (broad SMARTS) is 1. The first-order valence-electron chi connectivity index (χ1n) is 15.1. The number of carboxylic acids is 1. The molecule has 0 aromatic rings. The Morgan fingerprint density at radius 3 is 1.03 bits per heavy atom. The average Bonchev–Trinajstić information content (AvgIpc) is 2.81. The third kappa shape index (κ3) is 27.6. The Balaban J connectivity index is 3.20. The van der Waals surface area contributed by atoms with Gasteiger partial charge in [0.15, 0.2) is 0 Å². The van der Waals surface area contributed by atoms with Crippen LogP contribution in [0, 0.1) is 0 Å². The van der Waals surface area contributed by atoms with Crippen molar-refractivity contribution >= 4 is 5.97 Å². The molecule has 0 fully saturated rings. The first-order valence-corrected chi connectivity index (χ1v) is 15.1. The Hall–Kier alpha value is -0.610. The van der Waals surface area contributed by atoms with E-state index in [-0.39, 0.29) is 18.6 Å². The minimum Gasteiger partial charge on any atom is -0.481 e. The largest absolute Gasteiger partial charge is 0.481 e. The molecule has 0 bridgehead atoms. The smallest absolute Gasteiger partial charge is 0.303 e. The number of aliphatic hydroxyl groups excluding tert-OH is 2. The fraction of sp³-hybridized carbons (Fsp3) is 0.967. The molecule has 2 unspecified atom stereocenters. The van der Waals surface area contributed by atoms with E-state index in [0.29, 0.717) is 0 Å². The minimum absolute atomic E-state index is 0.0632. The molecule has 0 rings (SSSR count). The van der Waals surface area contributed by atoms with Crippen molar-refractivity contribution in [1.29, 1.82) is 0 Å². The highest BCUT2D eigenvalue weighted by Gasteiger charge is 2.05. The predicted molar refractivity (Wildman–Crippen MR) is 145 cm³/mol. The molecule has 0 aliphatic carbocycles. The second kappa shape index (κ2) is 27.0. The minimum atomic E-state index is -0.707. The van der Waals surface area contributed by atoms with Crippen LogP contribution in [0.2, 0.25) is 0 Å². The van der Waals surface area contributed by atoms with Crippen molar-refractivity contribution in [3.8, 4) is 0 Å². The summed E-state index contributed by atoms with van der Waals surface area (Å²) in [5, 5.41) is 28.7. The second-order valence-electron chi connectivity index (χ2n) is 10.7. The number of aliphatic carboxylic acids is 1. The highest BCUT2D eigenvalue weighted by Crippen LogP contribution is 2.16. The van der Waals surface area contributed by atoms with Gasteiger partial charge in [0.05, 0.1) is 12.2 Å². The van der Waals surface area contributed by atoms with Crippen LogP contribution in [0.25, 0.3) is 0 Å². The fourth-order valence-corrected chi connectivity index (χ4v) is 4.81. The molecule has 0 saturated carbocycles. The van der Waals surface area contributed by atoms with Crippen LogP contribution in [0.3, 0.4) is 0 Å². The van der Waals surface area contributed by atoms with Crippen LogP contribution in [-0.4, -0.2) is 33.5 Å². The molecule has 4 nitrogen and oxygen atoms in total. The summed E-state index contributed by atoms with van der Waals surface area (Å²) < 4.78 is 0. The van der Waals surface area contributed by atoms with Crippen molar-refractivity contribution < 1.29 is 20.1 Å². The van der Waals surface area contributed by atoms with Crippen LogP contribution in [0.15, 0.2) is 0 Å². The average molecular weight is 485 g/mol. The molecule has 0 spiro atoms. The molecule has 4 heteroatoms. The molecule has 3 N–H and O–H groups in total. The standard InChI is InChI=1S/C30H60O4/c1-2-3-4-13-18-23-28(31)24-19-14-11-9-7-5-6-8-10-12-15-20-25-29(32)26-21-16-17-22-27-30(33)34/h28-29,31-32H,2-27H2,1H3,(H,33,34). The molecule has 2 atom stereocenters. The molecule has 0 heterocycles. The highest BCUT2D eigenvalue weighted by molar-refractivity contribution is 5.66. The second-order valence-corrected chi connectivity index (χ2v) is 10.7. The fourth-order valence-electron chi connectivity index (χ4n) is 4.81. The lowest BCUT2D eigenvalue weighted by molar-refractivity contribution is -0.137. The quantitative estimate of drug-likeness (QED) is 0.0968. The Morgan fingerprint density at radius 2 is 0.735 bits per heavy atom. The van der Waals surface area contributed by atoms with Gasteiger partial charge >= 0.3 is 5.97 Å². The van der Waals surface area contributed by atoms with Gasteiger partial charge in [-0.25, -0.2) is 0 Å². The molecule has 204 valence electrons. The molecular weight excluding hydrogens is 424 g/mol. The maximum atomic E-state index is 10.5. The third-order valence-electron chi connectivity index (χ3n) is 7.14. The summed E-state index contributed by atoms with van der Waals surface area (Å²) in [5.74, 6) is -0.707. The van der Waals surface area contributed by atoms with Crippen LogP contribution >= 0.6 is 0 Å². The van der Waals surface area contributed by atoms with Gasteiger partial charge in [-0.3, -0.25) is 4.79 Å². The van der Waals surface area contributed by atoms with Crippen molar-refractivity contribution in [1.82, 2.24) is 0 Å². The summed E-state index contributed by atoms with van der Waals surface area (Å²) in [6.45, 7) is 2.24. The number of rotatable bonds is 28. The predicted octanol–water partition coefficient (Wildman–Crippen LogP) is 8.96. The molecule has 0 radical (unpaired) electrons. The van der Waals surface area contributed by atoms with Gasteiger partial charge in [0, 0.05) is 6.42 Å². The Morgan fingerprint density at radius 1 is 0.471 bits per heavy atom. The lowest BCUT2D eigenvalue weighted by Gasteiger charge is -2.10. The van der Waals surface area contributed by atoms with Crippen molar-refractivity contribution in [2.45, 2.75) is 186 Å². The Labute approximate surface area is 212 Å². The molecule has 0 aromatic carbocycles.